The van der Waals surface area contributed by atoms with Gasteiger partial charge in [-0.15, -0.1) is 0 Å². The number of rotatable bonds is 6. The highest BCUT2D eigenvalue weighted by Crippen LogP contribution is 2.21. The maximum Gasteiger partial charge on any atom is 0.139 e. The SMILES string of the molecule is CN(CCCN)c1cc(N(C)c2ccc[nH]2)ncn1. The monoisotopic (exact) mass is 260 g/mol. The van der Waals surface area contributed by atoms with E-state index in [1.54, 1.807) is 6.33 Å². The number of hydrogen-bond acceptors (Lipinski definition) is 5. The number of hydrogen-bond donors (Lipinski definition) is 2. The van der Waals surface area contributed by atoms with Crippen LogP contribution in [-0.4, -0.2) is 42.1 Å². The number of nitrogens with zero attached hydrogens (tertiary/aromatic N) is 4. The van der Waals surface area contributed by atoms with Crippen molar-refractivity contribution >= 4 is 17.5 Å². The van der Waals surface area contributed by atoms with E-state index in [4.69, 9.17) is 5.73 Å². The van der Waals surface area contributed by atoms with Crippen molar-refractivity contribution in [3.8, 4) is 0 Å². The Hall–Kier alpha value is -2.08. The Morgan fingerprint density at radius 2 is 2.05 bits per heavy atom. The predicted molar refractivity (Wildman–Crippen MR) is 77.8 cm³/mol. The van der Waals surface area contributed by atoms with Crippen LogP contribution in [0.1, 0.15) is 6.42 Å². The van der Waals surface area contributed by atoms with Crippen LogP contribution in [0.15, 0.2) is 30.7 Å². The molecule has 2 aromatic rings. The molecule has 0 amide bonds. The third-order valence-corrected chi connectivity index (χ3v) is 3.01. The Kier molecular flexibility index (Phi) is 4.35. The van der Waals surface area contributed by atoms with Crippen LogP contribution in [-0.2, 0) is 0 Å². The van der Waals surface area contributed by atoms with E-state index in [0.29, 0.717) is 6.54 Å². The zero-order valence-corrected chi connectivity index (χ0v) is 11.4. The summed E-state index contributed by atoms with van der Waals surface area (Å²) in [6.07, 6.45) is 4.42. The maximum absolute atomic E-state index is 5.53. The molecule has 3 N–H and O–H groups in total. The zero-order chi connectivity index (χ0) is 13.7. The topological polar surface area (TPSA) is 74.1 Å². The maximum atomic E-state index is 5.53. The molecule has 0 atom stereocenters. The Morgan fingerprint density at radius 3 is 2.74 bits per heavy atom. The molecular weight excluding hydrogens is 240 g/mol. The van der Waals surface area contributed by atoms with E-state index >= 15 is 0 Å². The highest BCUT2D eigenvalue weighted by Gasteiger charge is 2.09. The minimum atomic E-state index is 0.685. The van der Waals surface area contributed by atoms with Gasteiger partial charge in [0, 0.05) is 32.9 Å². The number of aromatic amines is 1. The standard InChI is InChI=1S/C13H20N6/c1-18(8-4-6-14)12-9-13(17-10-16-12)19(2)11-5-3-7-15-11/h3,5,7,9-10,15H,4,6,8,14H2,1-2H3. The van der Waals surface area contributed by atoms with Crippen LogP contribution < -0.4 is 15.5 Å². The number of anilines is 3. The van der Waals surface area contributed by atoms with Crippen molar-refractivity contribution in [1.82, 2.24) is 15.0 Å². The van der Waals surface area contributed by atoms with Gasteiger partial charge >= 0.3 is 0 Å². The Morgan fingerprint density at radius 1 is 1.26 bits per heavy atom. The van der Waals surface area contributed by atoms with Crippen molar-refractivity contribution in [1.29, 1.82) is 0 Å². The molecule has 19 heavy (non-hydrogen) atoms. The first-order valence-electron chi connectivity index (χ1n) is 6.32. The minimum Gasteiger partial charge on any atom is -0.359 e. The van der Waals surface area contributed by atoms with Crippen LogP contribution in [0, 0.1) is 0 Å². The lowest BCUT2D eigenvalue weighted by atomic mass is 10.4. The normalized spacial score (nSPS) is 10.5. The van der Waals surface area contributed by atoms with Gasteiger partial charge in [-0.1, -0.05) is 0 Å². The van der Waals surface area contributed by atoms with Crippen molar-refractivity contribution in [2.45, 2.75) is 6.42 Å². The molecule has 0 saturated carbocycles. The highest BCUT2D eigenvalue weighted by molar-refractivity contribution is 5.58. The van der Waals surface area contributed by atoms with Crippen LogP contribution in [0.25, 0.3) is 0 Å². The summed E-state index contributed by atoms with van der Waals surface area (Å²) in [7, 11) is 3.98. The smallest absolute Gasteiger partial charge is 0.139 e. The lowest BCUT2D eigenvalue weighted by Gasteiger charge is -2.21. The molecule has 0 fully saturated rings. The second kappa shape index (κ2) is 6.19. The van der Waals surface area contributed by atoms with E-state index in [-0.39, 0.29) is 0 Å². The molecule has 0 aromatic carbocycles. The van der Waals surface area contributed by atoms with Crippen molar-refractivity contribution in [3.63, 3.8) is 0 Å². The van der Waals surface area contributed by atoms with E-state index < -0.39 is 0 Å². The first-order valence-corrected chi connectivity index (χ1v) is 6.32. The van der Waals surface area contributed by atoms with Crippen molar-refractivity contribution < 1.29 is 0 Å². The van der Waals surface area contributed by atoms with E-state index in [1.165, 1.54) is 0 Å². The summed E-state index contributed by atoms with van der Waals surface area (Å²) in [5.41, 5.74) is 5.53. The van der Waals surface area contributed by atoms with Crippen molar-refractivity contribution in [2.24, 2.45) is 5.73 Å². The quantitative estimate of drug-likeness (QED) is 0.820. The molecule has 2 aromatic heterocycles. The van der Waals surface area contributed by atoms with Crippen molar-refractivity contribution in [2.75, 3.05) is 37.0 Å². The average molecular weight is 260 g/mol. The molecule has 0 saturated heterocycles. The first-order chi connectivity index (χ1) is 9.22. The molecule has 0 radical (unpaired) electrons. The summed E-state index contributed by atoms with van der Waals surface area (Å²) in [4.78, 5) is 15.8. The van der Waals surface area contributed by atoms with Gasteiger partial charge in [0.15, 0.2) is 0 Å². The fraction of sp³-hybridized carbons (Fsp3) is 0.385. The highest BCUT2D eigenvalue weighted by atomic mass is 15.2. The number of H-pyrrole nitrogens is 1. The van der Waals surface area contributed by atoms with E-state index in [0.717, 1.165) is 30.4 Å². The predicted octanol–water partition coefficient (Wildman–Crippen LogP) is 1.36. The van der Waals surface area contributed by atoms with E-state index in [2.05, 4.69) is 19.9 Å². The fourth-order valence-corrected chi connectivity index (χ4v) is 1.83. The molecule has 0 unspecified atom stereocenters. The average Bonchev–Trinajstić information content (AvgIpc) is 2.98. The molecule has 6 heteroatoms. The van der Waals surface area contributed by atoms with Gasteiger partial charge in [-0.3, -0.25) is 0 Å². The molecule has 0 bridgehead atoms. The van der Waals surface area contributed by atoms with Gasteiger partial charge in [0.05, 0.1) is 0 Å². The molecular formula is C13H20N6. The van der Waals surface area contributed by atoms with Gasteiger partial charge in [0.1, 0.15) is 23.8 Å². The molecule has 0 aliphatic heterocycles. The molecule has 0 spiro atoms. The summed E-state index contributed by atoms with van der Waals surface area (Å²) in [6, 6.07) is 5.93. The Labute approximate surface area is 113 Å². The van der Waals surface area contributed by atoms with Gasteiger partial charge < -0.3 is 20.5 Å². The van der Waals surface area contributed by atoms with Crippen LogP contribution in [0.5, 0.6) is 0 Å². The third kappa shape index (κ3) is 3.23. The lowest BCUT2D eigenvalue weighted by molar-refractivity contribution is 0.784. The van der Waals surface area contributed by atoms with Gasteiger partial charge in [0.2, 0.25) is 0 Å². The fourth-order valence-electron chi connectivity index (χ4n) is 1.83. The van der Waals surface area contributed by atoms with E-state index in [1.807, 2.05) is 43.4 Å². The van der Waals surface area contributed by atoms with Crippen molar-refractivity contribution in [3.05, 3.63) is 30.7 Å². The van der Waals surface area contributed by atoms with Crippen LogP contribution >= 0.6 is 0 Å². The Bertz CT molecular complexity index is 496. The van der Waals surface area contributed by atoms with Gasteiger partial charge in [-0.05, 0) is 25.1 Å². The molecule has 2 rings (SSSR count). The zero-order valence-electron chi connectivity index (χ0n) is 11.4. The summed E-state index contributed by atoms with van der Waals surface area (Å²) in [5, 5.41) is 0. The van der Waals surface area contributed by atoms with Gasteiger partial charge in [-0.2, -0.15) is 0 Å². The Balaban J connectivity index is 2.15. The third-order valence-electron chi connectivity index (χ3n) is 3.01. The summed E-state index contributed by atoms with van der Waals surface area (Å²) in [6.45, 7) is 1.57. The number of nitrogens with two attached hydrogens (primary N) is 1. The van der Waals surface area contributed by atoms with Gasteiger partial charge in [-0.25, -0.2) is 9.97 Å². The largest absolute Gasteiger partial charge is 0.359 e. The second-order valence-electron chi connectivity index (χ2n) is 4.41. The van der Waals surface area contributed by atoms with Crippen LogP contribution in [0.2, 0.25) is 0 Å². The van der Waals surface area contributed by atoms with Gasteiger partial charge in [0.25, 0.3) is 0 Å². The summed E-state index contributed by atoms with van der Waals surface area (Å²) >= 11 is 0. The van der Waals surface area contributed by atoms with Crippen LogP contribution in [0.3, 0.4) is 0 Å². The number of aromatic nitrogens is 3. The first kappa shape index (κ1) is 13.4. The molecule has 0 aliphatic carbocycles. The lowest BCUT2D eigenvalue weighted by Crippen LogP contribution is -2.22. The summed E-state index contributed by atoms with van der Waals surface area (Å²) < 4.78 is 0. The minimum absolute atomic E-state index is 0.685. The molecule has 0 aliphatic rings. The second-order valence-corrected chi connectivity index (χ2v) is 4.41. The number of nitrogens with one attached hydrogen (secondary N) is 1. The van der Waals surface area contributed by atoms with E-state index in [9.17, 15) is 0 Å². The molecule has 2 heterocycles. The molecule has 102 valence electrons. The summed E-state index contributed by atoms with van der Waals surface area (Å²) in [5.74, 6) is 2.75. The van der Waals surface area contributed by atoms with Crippen LogP contribution in [0.4, 0.5) is 17.5 Å². The molecule has 6 nitrogen and oxygen atoms in total.